The van der Waals surface area contributed by atoms with Crippen LogP contribution >= 0.6 is 0 Å². The van der Waals surface area contributed by atoms with Crippen LogP contribution in [0.1, 0.15) is 307 Å². The molecule has 5 heterocycles. The van der Waals surface area contributed by atoms with Gasteiger partial charge in [-0.2, -0.15) is 4.39 Å². The number of pyridine rings is 1. The highest BCUT2D eigenvalue weighted by Crippen LogP contribution is 2.64. The van der Waals surface area contributed by atoms with Crippen LogP contribution in [0.3, 0.4) is 0 Å². The Morgan fingerprint density at radius 1 is 0.321 bits per heavy atom. The van der Waals surface area contributed by atoms with Gasteiger partial charge in [-0.15, -0.1) is 0 Å². The summed E-state index contributed by atoms with van der Waals surface area (Å²) >= 11 is 0. The summed E-state index contributed by atoms with van der Waals surface area (Å²) in [7, 11) is 6.78. The van der Waals surface area contributed by atoms with E-state index < -0.39 is 76.3 Å². The molecule has 4 unspecified atom stereocenters. The van der Waals surface area contributed by atoms with Gasteiger partial charge in [-0.3, -0.25) is 57.5 Å². The van der Waals surface area contributed by atoms with E-state index in [-0.39, 0.29) is 79.4 Å². The number of Topliss-reactive ketones (excluding diaryl/α,β-unsaturated/α-hetero) is 4. The van der Waals surface area contributed by atoms with E-state index in [9.17, 15) is 75.1 Å². The minimum Gasteiger partial charge on any atom is -0.346 e. The number of hydrogen-bond donors (Lipinski definition) is 8. The van der Waals surface area contributed by atoms with Gasteiger partial charge in [0.05, 0.1) is 45.0 Å². The Labute approximate surface area is 797 Å². The van der Waals surface area contributed by atoms with Crippen LogP contribution in [-0.2, 0) is 47.4 Å². The lowest BCUT2D eigenvalue weighted by molar-refractivity contribution is -0.126. The molecule has 0 spiro atoms. The van der Waals surface area contributed by atoms with Crippen LogP contribution in [-0.4, -0.2) is 116 Å². The second kappa shape index (κ2) is 36.5. The van der Waals surface area contributed by atoms with Gasteiger partial charge in [-0.1, -0.05) is 13.8 Å². The average molecular weight is 1880 g/mol. The molecular formula is C108H129F4N13O12. The number of ketones is 4. The quantitative estimate of drug-likeness (QED) is 0.0152. The topological polar surface area (TPSA) is 334 Å². The van der Waals surface area contributed by atoms with Gasteiger partial charge < -0.3 is 60.8 Å². The van der Waals surface area contributed by atoms with E-state index in [0.29, 0.717) is 154 Å². The number of carbonyl (C=O) groups excluding carboxylic acids is 12. The van der Waals surface area contributed by atoms with Gasteiger partial charge in [0.2, 0.25) is 5.95 Å². The first-order valence-electron chi connectivity index (χ1n) is 48.8. The van der Waals surface area contributed by atoms with E-state index >= 15 is 0 Å². The molecule has 0 aliphatic heterocycles. The van der Waals surface area contributed by atoms with Crippen molar-refractivity contribution in [2.75, 3.05) is 21.3 Å². The molecule has 29 heteroatoms. The molecule has 3 aromatic carbocycles. The smallest absolute Gasteiger partial charge is 0.294 e. The molecule has 8 N–H and O–H groups in total. The fourth-order valence-electron chi connectivity index (χ4n) is 29.7. The molecule has 8 amide bonds. The normalized spacial score (nSPS) is 28.0. The number of aromatic nitrogens is 5. The molecule has 4 atom stereocenters. The summed E-state index contributed by atoms with van der Waals surface area (Å²) in [6.45, 7) is 23.3. The van der Waals surface area contributed by atoms with Crippen LogP contribution in [0.4, 0.5) is 40.3 Å². The second-order valence-electron chi connectivity index (χ2n) is 44.5. The van der Waals surface area contributed by atoms with Crippen LogP contribution in [0.2, 0.25) is 0 Å². The molecule has 16 saturated carbocycles. The van der Waals surface area contributed by atoms with Gasteiger partial charge in [-0.05, 0) is 399 Å². The first-order chi connectivity index (χ1) is 64.6. The number of aryl methyl sites for hydroxylation is 3. The lowest BCUT2D eigenvalue weighted by Crippen LogP contribution is -2.63. The second-order valence-corrected chi connectivity index (χ2v) is 44.5. The van der Waals surface area contributed by atoms with Gasteiger partial charge in [0.25, 0.3) is 70.4 Å². The molecule has 5 aromatic heterocycles. The molecule has 16 aliphatic rings. The van der Waals surface area contributed by atoms with Crippen molar-refractivity contribution in [3.05, 3.63) is 203 Å². The third-order valence-corrected chi connectivity index (χ3v) is 34.0. The summed E-state index contributed by atoms with van der Waals surface area (Å²) in [6.07, 6.45) is 26.9. The molecular weight excluding hydrogens is 1750 g/mol. The monoisotopic (exact) mass is 1880 g/mol. The maximum atomic E-state index is 13.6. The summed E-state index contributed by atoms with van der Waals surface area (Å²) in [6, 6.07) is 15.8. The third kappa shape index (κ3) is 18.6. The zero-order valence-corrected chi connectivity index (χ0v) is 81.8. The molecule has 8 aromatic rings. The van der Waals surface area contributed by atoms with Crippen molar-refractivity contribution in [1.82, 2.24) is 44.5 Å². The number of nitrogens with zero attached hydrogens (tertiary/aromatic N) is 5. The summed E-state index contributed by atoms with van der Waals surface area (Å²) in [5.41, 5.74) is 9.09. The van der Waals surface area contributed by atoms with Gasteiger partial charge in [0.1, 0.15) is 17.5 Å². The van der Waals surface area contributed by atoms with E-state index in [1.807, 2.05) is 0 Å². The predicted octanol–water partition coefficient (Wildman–Crippen LogP) is 18.2. The average Bonchev–Trinajstić information content (AvgIpc) is 1.12. The summed E-state index contributed by atoms with van der Waals surface area (Å²) < 4.78 is 60.7. The highest BCUT2D eigenvalue weighted by Gasteiger charge is 2.60. The molecule has 726 valence electrons. The Morgan fingerprint density at radius 3 is 0.869 bits per heavy atom. The van der Waals surface area contributed by atoms with Gasteiger partial charge >= 0.3 is 0 Å². The van der Waals surface area contributed by atoms with E-state index in [0.717, 1.165) is 101 Å². The number of halogens is 4. The van der Waals surface area contributed by atoms with Crippen molar-refractivity contribution in [2.45, 2.75) is 260 Å². The van der Waals surface area contributed by atoms with Crippen molar-refractivity contribution in [2.24, 2.45) is 104 Å². The first-order valence-corrected chi connectivity index (χ1v) is 48.8. The van der Waals surface area contributed by atoms with Crippen LogP contribution < -0.4 is 42.5 Å². The number of anilines is 4. The molecule has 24 rings (SSSR count). The summed E-state index contributed by atoms with van der Waals surface area (Å²) in [5, 5.41) is 23.6. The maximum Gasteiger partial charge on any atom is 0.294 e. The number of nitrogens with one attached hydrogen (secondary N) is 8. The minimum absolute atomic E-state index is 0.0791. The number of hydrogen-bond acceptors (Lipinski definition) is 13. The molecule has 16 fully saturated rings. The van der Waals surface area contributed by atoms with Crippen LogP contribution in [0.25, 0.3) is 0 Å². The van der Waals surface area contributed by atoms with Gasteiger partial charge in [-0.25, -0.2) is 18.2 Å². The Hall–Kier alpha value is -11.9. The maximum absolute atomic E-state index is 13.6. The Kier molecular flexibility index (Phi) is 25.7. The molecule has 25 nitrogen and oxygen atoms in total. The highest BCUT2D eigenvalue weighted by atomic mass is 19.1. The molecule has 137 heavy (non-hydrogen) atoms. The van der Waals surface area contributed by atoms with Crippen LogP contribution in [0.5, 0.6) is 0 Å². The zero-order chi connectivity index (χ0) is 98.4. The molecule has 16 bridgehead atoms. The lowest BCUT2D eigenvalue weighted by atomic mass is 9.47. The highest BCUT2D eigenvalue weighted by molar-refractivity contribution is 6.45. The number of carbonyl (C=O) groups is 12. The Balaban J connectivity index is 0.000000127. The van der Waals surface area contributed by atoms with Gasteiger partial charge in [0.15, 0.2) is 0 Å². The van der Waals surface area contributed by atoms with Crippen molar-refractivity contribution in [3.63, 3.8) is 0 Å². The fourth-order valence-corrected chi connectivity index (χ4v) is 29.7. The Bertz CT molecular complexity index is 6310. The largest absolute Gasteiger partial charge is 0.346 e. The van der Waals surface area contributed by atoms with Crippen molar-refractivity contribution < 1.29 is 75.1 Å². The van der Waals surface area contributed by atoms with Crippen LogP contribution in [0.15, 0.2) is 72.9 Å². The zero-order valence-electron chi connectivity index (χ0n) is 81.8. The minimum atomic E-state index is -0.703. The first kappa shape index (κ1) is 96.8. The summed E-state index contributed by atoms with van der Waals surface area (Å²) in [5.74, 6) is -1.17. The van der Waals surface area contributed by atoms with Crippen molar-refractivity contribution in [3.8, 4) is 0 Å². The molecule has 0 saturated heterocycles. The fraction of sp³-hybridized carbons (Fsp3) is 0.528. The lowest BCUT2D eigenvalue weighted by Gasteiger charge is -2.61. The standard InChI is InChI=1S/C28H34FN3O3.2C27H32FN3O3.C26H31FN4O3/c1-15-8-20(6-7-21(15)29)30-25(34)22-16(2)23(32(5)17(22)3)24(33)26(35)31-28-12-18-9-19(13-28)11-27(4,10-18)14-28;1-14-7-20(5-6-21(14)28)29-25(33)22-15(2)23(31(4)16(22)3)24(32)26(34)30-27-11-17-8-18(12-27)10-19(9-17)13-27;1-13-7-20(5-6-21(13)28)29-26(33)22-14(2)24(31(4)15(22)3)25(32)27(34)30-23-18-9-16-8-17(11-18)12-19(23)10-16;1-14-20(23(33)29-18-5-6-28-19(27)8-18)15(2)31(4)21(14)22(32)24(34)30-26-11-16-7-17(12-26)10-25(3,9-16)13-26/h6-8,18-19H,9-14H2,1-5H3,(H,30,34)(H,31,35);5-7,17-19H,8-13H2,1-4H3,(H,29,33)(H,30,34);5-7,16-19,23H,8-12H2,1-4H3,(H,29,33)(H,30,34);5-6,8,16-17H,7,9-13H2,1-4H3,(H,30,34)(H,28,29,33). The van der Waals surface area contributed by atoms with E-state index in [1.165, 1.54) is 113 Å². The van der Waals surface area contributed by atoms with Crippen molar-refractivity contribution in [1.29, 1.82) is 0 Å². The third-order valence-electron chi connectivity index (χ3n) is 34.0. The van der Waals surface area contributed by atoms with Gasteiger partial charge in [0, 0.05) is 109 Å². The Morgan fingerprint density at radius 2 is 0.584 bits per heavy atom. The molecule has 16 aliphatic carbocycles. The number of rotatable bonds is 20. The SMILES string of the molecule is Cc1c(C(=O)Nc2ccnc(F)c2)c(C)n(C)c1C(=O)C(=O)NC12CC3CC(CC(C)(C3)C1)C2.Cc1cc(NC(=O)c2c(C)c(C(=O)C(=O)NC34CC5CC(CC(C)(C5)C3)C4)n(C)c2C)ccc1F.Cc1cc(NC(=O)c2c(C)c(C(=O)C(=O)NC34CC5CC(CC(C5)C3)C4)n(C)c2C)ccc1F.Cc1cc(NC(=O)c2c(C)c(C(=O)C(=O)NC3C4CC5CC(C4)CC3C5)n(C)c2C)ccc1F. The van der Waals surface area contributed by atoms with E-state index in [4.69, 9.17) is 0 Å². The molecule has 0 radical (unpaired) electrons. The van der Waals surface area contributed by atoms with Crippen molar-refractivity contribution >= 4 is 93.1 Å². The predicted molar refractivity (Wildman–Crippen MR) is 512 cm³/mol. The number of benzene rings is 3. The van der Waals surface area contributed by atoms with E-state index in [2.05, 4.69) is 61.4 Å². The number of amides is 8. The van der Waals surface area contributed by atoms with Crippen LogP contribution in [0, 0.1) is 175 Å². The van der Waals surface area contributed by atoms with E-state index in [1.54, 1.807) is 141 Å². The summed E-state index contributed by atoms with van der Waals surface area (Å²) in [4.78, 5) is 162.